The molecule has 3 N–H and O–H groups in total. The summed E-state index contributed by atoms with van der Waals surface area (Å²) in [5.74, 6) is -4.98. The fourth-order valence-corrected chi connectivity index (χ4v) is 5.67. The Bertz CT molecular complexity index is 1420. The number of halogens is 5. The first kappa shape index (κ1) is 28.9. The Labute approximate surface area is 232 Å². The zero-order chi connectivity index (χ0) is 29.5. The molecule has 2 fully saturated rings. The lowest BCUT2D eigenvalue weighted by Gasteiger charge is -2.32. The monoisotopic (exact) mass is 582 g/mol. The van der Waals surface area contributed by atoms with E-state index in [1.165, 1.54) is 10.7 Å². The van der Waals surface area contributed by atoms with Gasteiger partial charge in [-0.3, -0.25) is 9.59 Å². The highest BCUT2D eigenvalue weighted by molar-refractivity contribution is 5.95. The van der Waals surface area contributed by atoms with Gasteiger partial charge in [0.1, 0.15) is 5.56 Å². The van der Waals surface area contributed by atoms with E-state index in [-0.39, 0.29) is 48.8 Å². The number of nitrogens with zero attached hydrogens (tertiary/aromatic N) is 4. The van der Waals surface area contributed by atoms with E-state index in [1.807, 2.05) is 0 Å². The number of fused-ring (bicyclic) bond motifs is 1. The molecule has 14 heteroatoms. The molecule has 222 valence electrons. The number of amides is 2. The number of primary amides is 1. The average Bonchev–Trinajstić information content (AvgIpc) is 3.51. The molecule has 2 saturated carbocycles. The van der Waals surface area contributed by atoms with Crippen molar-refractivity contribution >= 4 is 17.5 Å². The first-order chi connectivity index (χ1) is 19.3. The van der Waals surface area contributed by atoms with Gasteiger partial charge in [-0.2, -0.15) is 18.3 Å². The zero-order valence-electron chi connectivity index (χ0n) is 22.4. The van der Waals surface area contributed by atoms with E-state index >= 15 is 0 Å². The Morgan fingerprint density at radius 1 is 1.20 bits per heavy atom. The van der Waals surface area contributed by atoms with Crippen LogP contribution in [0.4, 0.5) is 22.0 Å². The predicted octanol–water partition coefficient (Wildman–Crippen LogP) is 5.25. The molecule has 0 bridgehead atoms. The van der Waals surface area contributed by atoms with Gasteiger partial charge in [0.25, 0.3) is 5.91 Å². The number of carbonyl (C=O) groups is 2. The highest BCUT2D eigenvalue weighted by Gasteiger charge is 2.42. The number of hydrogen-bond donors (Lipinski definition) is 2. The third-order valence-corrected chi connectivity index (χ3v) is 7.97. The lowest BCUT2D eigenvalue weighted by Crippen LogP contribution is -2.30. The van der Waals surface area contributed by atoms with E-state index in [0.717, 1.165) is 12.8 Å². The predicted molar refractivity (Wildman–Crippen MR) is 135 cm³/mol. The number of imidazole rings is 1. The van der Waals surface area contributed by atoms with Crippen LogP contribution < -0.4 is 11.1 Å². The molecule has 3 heterocycles. The second-order valence-electron chi connectivity index (χ2n) is 11.0. The van der Waals surface area contributed by atoms with Crippen molar-refractivity contribution in [3.05, 3.63) is 46.7 Å². The molecule has 0 spiro atoms. The van der Waals surface area contributed by atoms with Crippen LogP contribution in [0.1, 0.15) is 103 Å². The van der Waals surface area contributed by atoms with Crippen LogP contribution in [0.25, 0.3) is 5.65 Å². The first-order valence-corrected chi connectivity index (χ1v) is 13.7. The molecule has 2 atom stereocenters. The van der Waals surface area contributed by atoms with E-state index in [9.17, 15) is 31.5 Å². The van der Waals surface area contributed by atoms with Crippen LogP contribution in [0.2, 0.25) is 0 Å². The summed E-state index contributed by atoms with van der Waals surface area (Å²) in [5.41, 5.74) is 7.58. The highest BCUT2D eigenvalue weighted by Crippen LogP contribution is 2.46. The standard InChI is InChI=1S/C27H31F5N6O3/c1-2-17-22(25(33)40)24(41-37-17)21(14-5-8-26(28,29)9-6-14)18-13-38-19(35-18)11-16(12-34-38)23(15-3-4-15)36-20(39)7-10-27(30,31)32/h11-15,21,23H,2-10H2,1H3,(H2,33,40)(H,36,39)/t21-,23+/m0/s1. The number of alkyl halides is 5. The summed E-state index contributed by atoms with van der Waals surface area (Å²) in [6.07, 6.45) is -1.46. The summed E-state index contributed by atoms with van der Waals surface area (Å²) in [7, 11) is 0. The molecular weight excluding hydrogens is 551 g/mol. The van der Waals surface area contributed by atoms with Gasteiger partial charge in [-0.1, -0.05) is 12.1 Å². The van der Waals surface area contributed by atoms with Gasteiger partial charge in [-0.05, 0) is 55.6 Å². The van der Waals surface area contributed by atoms with E-state index in [1.54, 1.807) is 19.2 Å². The SMILES string of the molecule is CCc1noc([C@H](c2cn3ncc([C@H](NC(=O)CCC(F)(F)F)C4CC4)cc3n2)C2CCC(F)(F)CC2)c1C(N)=O. The summed E-state index contributed by atoms with van der Waals surface area (Å²) in [5, 5.41) is 11.1. The van der Waals surface area contributed by atoms with Gasteiger partial charge >= 0.3 is 6.18 Å². The van der Waals surface area contributed by atoms with E-state index in [4.69, 9.17) is 15.2 Å². The third-order valence-electron chi connectivity index (χ3n) is 7.97. The van der Waals surface area contributed by atoms with Crippen molar-refractivity contribution in [3.63, 3.8) is 0 Å². The van der Waals surface area contributed by atoms with Crippen molar-refractivity contribution in [1.82, 2.24) is 25.1 Å². The van der Waals surface area contributed by atoms with E-state index < -0.39 is 48.7 Å². The van der Waals surface area contributed by atoms with Crippen LogP contribution in [-0.2, 0) is 11.2 Å². The molecule has 0 saturated heterocycles. The number of carbonyl (C=O) groups excluding carboxylic acids is 2. The minimum Gasteiger partial charge on any atom is -0.365 e. The molecule has 5 rings (SSSR count). The Balaban J connectivity index is 1.48. The summed E-state index contributed by atoms with van der Waals surface area (Å²) in [6, 6.07) is 1.18. The minimum absolute atomic E-state index is 0.0694. The maximum atomic E-state index is 14.0. The molecule has 2 amide bonds. The summed E-state index contributed by atoms with van der Waals surface area (Å²) in [6.45, 7) is 1.79. The van der Waals surface area contributed by atoms with Gasteiger partial charge in [0, 0.05) is 19.3 Å². The number of aryl methyl sites for hydroxylation is 1. The van der Waals surface area contributed by atoms with E-state index in [2.05, 4.69) is 15.6 Å². The molecular formula is C27H31F5N6O3. The smallest absolute Gasteiger partial charge is 0.365 e. The molecule has 2 aliphatic carbocycles. The van der Waals surface area contributed by atoms with Gasteiger partial charge in [0.2, 0.25) is 11.8 Å². The number of rotatable bonds is 10. The Hall–Kier alpha value is -3.58. The number of nitrogens with one attached hydrogen (secondary N) is 1. The van der Waals surface area contributed by atoms with Gasteiger partial charge in [0.15, 0.2) is 11.4 Å². The van der Waals surface area contributed by atoms with Crippen molar-refractivity contribution < 1.29 is 36.1 Å². The fraction of sp³-hybridized carbons (Fsp3) is 0.593. The quantitative estimate of drug-likeness (QED) is 0.315. The summed E-state index contributed by atoms with van der Waals surface area (Å²) < 4.78 is 73.0. The summed E-state index contributed by atoms with van der Waals surface area (Å²) >= 11 is 0. The van der Waals surface area contributed by atoms with Gasteiger partial charge in [-0.15, -0.1) is 0 Å². The molecule has 3 aromatic heterocycles. The lowest BCUT2D eigenvalue weighted by atomic mass is 9.75. The van der Waals surface area contributed by atoms with Gasteiger partial charge in [0.05, 0.1) is 42.2 Å². The van der Waals surface area contributed by atoms with Crippen molar-refractivity contribution in [2.75, 3.05) is 0 Å². The van der Waals surface area contributed by atoms with Crippen LogP contribution in [0.3, 0.4) is 0 Å². The van der Waals surface area contributed by atoms with Gasteiger partial charge < -0.3 is 15.6 Å². The molecule has 9 nitrogen and oxygen atoms in total. The maximum Gasteiger partial charge on any atom is 0.389 e. The molecule has 0 aromatic carbocycles. The molecule has 0 radical (unpaired) electrons. The molecule has 0 aliphatic heterocycles. The molecule has 0 unspecified atom stereocenters. The third kappa shape index (κ3) is 6.51. The fourth-order valence-electron chi connectivity index (χ4n) is 5.67. The van der Waals surface area contributed by atoms with E-state index in [0.29, 0.717) is 29.0 Å². The van der Waals surface area contributed by atoms with Crippen molar-refractivity contribution in [2.24, 2.45) is 17.6 Å². The summed E-state index contributed by atoms with van der Waals surface area (Å²) in [4.78, 5) is 29.4. The van der Waals surface area contributed by atoms with Crippen molar-refractivity contribution in [2.45, 2.75) is 88.8 Å². The van der Waals surface area contributed by atoms with Crippen molar-refractivity contribution in [1.29, 1.82) is 0 Å². The second kappa shape index (κ2) is 11.0. The van der Waals surface area contributed by atoms with Gasteiger partial charge in [-0.25, -0.2) is 18.3 Å². The number of hydrogen-bond acceptors (Lipinski definition) is 6. The average molecular weight is 583 g/mol. The minimum atomic E-state index is -4.43. The highest BCUT2D eigenvalue weighted by atomic mass is 19.4. The number of aromatic nitrogens is 4. The topological polar surface area (TPSA) is 128 Å². The largest absolute Gasteiger partial charge is 0.389 e. The van der Waals surface area contributed by atoms with Crippen LogP contribution in [0, 0.1) is 11.8 Å². The zero-order valence-corrected chi connectivity index (χ0v) is 22.4. The number of nitrogens with two attached hydrogens (primary N) is 1. The first-order valence-electron chi connectivity index (χ1n) is 13.7. The van der Waals surface area contributed by atoms with Crippen LogP contribution in [0.15, 0.2) is 23.0 Å². The molecule has 3 aromatic rings. The molecule has 41 heavy (non-hydrogen) atoms. The lowest BCUT2D eigenvalue weighted by molar-refractivity contribution is -0.144. The molecule has 2 aliphatic rings. The Morgan fingerprint density at radius 3 is 2.51 bits per heavy atom. The maximum absolute atomic E-state index is 14.0. The Kier molecular flexibility index (Phi) is 7.77. The Morgan fingerprint density at radius 2 is 1.90 bits per heavy atom. The second-order valence-corrected chi connectivity index (χ2v) is 11.0. The van der Waals surface area contributed by atoms with Crippen LogP contribution in [0.5, 0.6) is 0 Å². The normalized spacial score (nSPS) is 19.3. The van der Waals surface area contributed by atoms with Crippen LogP contribution in [-0.4, -0.2) is 43.7 Å². The van der Waals surface area contributed by atoms with Crippen LogP contribution >= 0.6 is 0 Å². The van der Waals surface area contributed by atoms with Crippen molar-refractivity contribution in [3.8, 4) is 0 Å².